The van der Waals surface area contributed by atoms with Crippen molar-refractivity contribution in [2.45, 2.75) is 6.18 Å². The molecule has 0 aliphatic heterocycles. The van der Waals surface area contributed by atoms with Gasteiger partial charge in [-0.2, -0.15) is 13.2 Å². The van der Waals surface area contributed by atoms with Crippen molar-refractivity contribution in [3.63, 3.8) is 0 Å². The monoisotopic (exact) mass is 356 g/mol. The van der Waals surface area contributed by atoms with Gasteiger partial charge in [-0.05, 0) is 24.3 Å². The van der Waals surface area contributed by atoms with Crippen LogP contribution >= 0.6 is 0 Å². The van der Waals surface area contributed by atoms with E-state index in [9.17, 15) is 22.4 Å². The van der Waals surface area contributed by atoms with Crippen LogP contribution in [0.1, 0.15) is 10.4 Å². The van der Waals surface area contributed by atoms with E-state index in [1.165, 1.54) is 24.3 Å². The number of benzene rings is 2. The fourth-order valence-corrected chi connectivity index (χ4v) is 2.02. The summed E-state index contributed by atoms with van der Waals surface area (Å²) in [5.74, 6) is -1.23. The van der Waals surface area contributed by atoms with Gasteiger partial charge in [0.1, 0.15) is 13.2 Å². The van der Waals surface area contributed by atoms with Crippen molar-refractivity contribution < 1.29 is 27.1 Å². The molecule has 0 saturated carbocycles. The topological polar surface area (TPSA) is 50.4 Å². The van der Waals surface area contributed by atoms with Gasteiger partial charge in [0.05, 0.1) is 5.56 Å². The summed E-state index contributed by atoms with van der Waals surface area (Å²) >= 11 is 0. The number of halogens is 4. The number of nitrogens with one attached hydrogen (secondary N) is 2. The molecule has 8 heteroatoms. The van der Waals surface area contributed by atoms with E-state index >= 15 is 0 Å². The zero-order valence-electron chi connectivity index (χ0n) is 13.1. The predicted octanol–water partition coefficient (Wildman–Crippen LogP) is 3.61. The van der Waals surface area contributed by atoms with Gasteiger partial charge in [-0.1, -0.05) is 24.3 Å². The van der Waals surface area contributed by atoms with E-state index in [4.69, 9.17) is 4.74 Å². The number of hydrogen-bond acceptors (Lipinski definition) is 3. The number of ether oxygens (including phenoxy) is 1. The number of rotatable bonds is 7. The molecule has 0 radical (unpaired) electrons. The zero-order chi connectivity index (χ0) is 18.3. The minimum Gasteiger partial charge on any atom is -0.489 e. The van der Waals surface area contributed by atoms with Gasteiger partial charge in [0.25, 0.3) is 5.91 Å². The number of carbonyl (C=O) groups excluding carboxylic acids is 1. The molecule has 2 aromatic rings. The van der Waals surface area contributed by atoms with E-state index < -0.39 is 24.4 Å². The van der Waals surface area contributed by atoms with Crippen LogP contribution in [0.2, 0.25) is 0 Å². The molecule has 1 amide bonds. The highest BCUT2D eigenvalue weighted by Crippen LogP contribution is 2.18. The molecular formula is C17H16F4N2O2. The Labute approximate surface area is 141 Å². The fourth-order valence-electron chi connectivity index (χ4n) is 2.02. The first-order valence-corrected chi connectivity index (χ1v) is 7.42. The average molecular weight is 356 g/mol. The molecular weight excluding hydrogens is 340 g/mol. The van der Waals surface area contributed by atoms with E-state index in [-0.39, 0.29) is 24.5 Å². The average Bonchev–Trinajstić information content (AvgIpc) is 2.58. The molecule has 0 bridgehead atoms. The van der Waals surface area contributed by atoms with Crippen LogP contribution in [0.5, 0.6) is 5.75 Å². The number of hydrogen-bond donors (Lipinski definition) is 2. The lowest BCUT2D eigenvalue weighted by molar-refractivity contribution is -0.123. The largest absolute Gasteiger partial charge is 0.489 e. The van der Waals surface area contributed by atoms with Crippen molar-refractivity contribution in [2.75, 3.05) is 25.0 Å². The standard InChI is InChI=1S/C17H16F4N2O2/c18-13-6-2-4-8-15(13)25-10-9-22-14-7-3-1-5-12(14)16(24)23-11-17(19,20)21/h1-8,22H,9-11H2,(H,23,24). The minimum atomic E-state index is -4.48. The molecule has 0 saturated heterocycles. The Morgan fingerprint density at radius 2 is 1.72 bits per heavy atom. The van der Waals surface area contributed by atoms with Crippen LogP contribution in [0.15, 0.2) is 48.5 Å². The molecule has 2 N–H and O–H groups in total. The summed E-state index contributed by atoms with van der Waals surface area (Å²) in [4.78, 5) is 11.9. The number of alkyl halides is 3. The number of carbonyl (C=O) groups is 1. The maximum Gasteiger partial charge on any atom is 0.405 e. The van der Waals surface area contributed by atoms with Crippen LogP contribution < -0.4 is 15.4 Å². The molecule has 0 atom stereocenters. The van der Waals surface area contributed by atoms with E-state index in [0.29, 0.717) is 5.69 Å². The van der Waals surface area contributed by atoms with Crippen LogP contribution in [0, 0.1) is 5.82 Å². The van der Waals surface area contributed by atoms with Gasteiger partial charge in [-0.15, -0.1) is 0 Å². The third-order valence-electron chi connectivity index (χ3n) is 3.13. The Balaban J connectivity index is 1.90. The van der Waals surface area contributed by atoms with Crippen molar-refractivity contribution >= 4 is 11.6 Å². The van der Waals surface area contributed by atoms with Gasteiger partial charge in [0.15, 0.2) is 11.6 Å². The van der Waals surface area contributed by atoms with Gasteiger partial charge in [0.2, 0.25) is 0 Å². The maximum atomic E-state index is 13.4. The van der Waals surface area contributed by atoms with Crippen molar-refractivity contribution in [3.8, 4) is 5.75 Å². The molecule has 4 nitrogen and oxygen atoms in total. The third kappa shape index (κ3) is 5.98. The van der Waals surface area contributed by atoms with Gasteiger partial charge >= 0.3 is 6.18 Å². The summed E-state index contributed by atoms with van der Waals surface area (Å²) < 4.78 is 55.3. The number of anilines is 1. The molecule has 0 aromatic heterocycles. The molecule has 0 spiro atoms. The summed E-state index contributed by atoms with van der Waals surface area (Å²) in [6.45, 7) is -1.06. The van der Waals surface area contributed by atoms with Gasteiger partial charge in [0, 0.05) is 12.2 Å². The minimum absolute atomic E-state index is 0.0811. The highest BCUT2D eigenvalue weighted by molar-refractivity contribution is 5.99. The molecule has 2 aromatic carbocycles. The second kappa shape index (κ2) is 8.36. The Morgan fingerprint density at radius 3 is 2.44 bits per heavy atom. The Kier molecular flexibility index (Phi) is 6.21. The zero-order valence-corrected chi connectivity index (χ0v) is 13.1. The smallest absolute Gasteiger partial charge is 0.405 e. The van der Waals surface area contributed by atoms with E-state index in [2.05, 4.69) is 5.32 Å². The van der Waals surface area contributed by atoms with Crippen LogP contribution in [-0.2, 0) is 0 Å². The second-order valence-electron chi connectivity index (χ2n) is 5.05. The lowest BCUT2D eigenvalue weighted by Gasteiger charge is -2.13. The Hall–Kier alpha value is -2.77. The van der Waals surface area contributed by atoms with Gasteiger partial charge < -0.3 is 15.4 Å². The first-order chi connectivity index (χ1) is 11.9. The highest BCUT2D eigenvalue weighted by atomic mass is 19.4. The highest BCUT2D eigenvalue weighted by Gasteiger charge is 2.28. The lowest BCUT2D eigenvalue weighted by Crippen LogP contribution is -2.34. The van der Waals surface area contributed by atoms with Crippen LogP contribution in [0.25, 0.3) is 0 Å². The first kappa shape index (κ1) is 18.6. The van der Waals surface area contributed by atoms with Crippen molar-refractivity contribution in [2.24, 2.45) is 0 Å². The molecule has 0 unspecified atom stereocenters. The molecule has 134 valence electrons. The molecule has 0 fully saturated rings. The van der Waals surface area contributed by atoms with Crippen molar-refractivity contribution in [1.29, 1.82) is 0 Å². The summed E-state index contributed by atoms with van der Waals surface area (Å²) in [5.41, 5.74) is 0.442. The SMILES string of the molecule is O=C(NCC(F)(F)F)c1ccccc1NCCOc1ccccc1F. The molecule has 0 aliphatic carbocycles. The van der Waals surface area contributed by atoms with Crippen molar-refractivity contribution in [3.05, 3.63) is 59.9 Å². The normalized spacial score (nSPS) is 11.0. The second-order valence-corrected chi connectivity index (χ2v) is 5.05. The molecule has 25 heavy (non-hydrogen) atoms. The fraction of sp³-hybridized carbons (Fsp3) is 0.235. The first-order valence-electron chi connectivity index (χ1n) is 7.42. The summed E-state index contributed by atoms with van der Waals surface area (Å²) in [7, 11) is 0. The number of amides is 1. The summed E-state index contributed by atoms with van der Waals surface area (Å²) in [6, 6.07) is 12.1. The van der Waals surface area contributed by atoms with Gasteiger partial charge in [-0.25, -0.2) is 4.39 Å². The molecule has 0 aliphatic rings. The predicted molar refractivity (Wildman–Crippen MR) is 85.2 cm³/mol. The van der Waals surface area contributed by atoms with E-state index in [0.717, 1.165) is 0 Å². The molecule has 2 rings (SSSR count). The number of para-hydroxylation sites is 2. The molecule has 0 heterocycles. The Bertz CT molecular complexity index is 720. The summed E-state index contributed by atoms with van der Waals surface area (Å²) in [5, 5.41) is 4.71. The lowest BCUT2D eigenvalue weighted by atomic mass is 10.1. The maximum absolute atomic E-state index is 13.4. The third-order valence-corrected chi connectivity index (χ3v) is 3.13. The van der Waals surface area contributed by atoms with Gasteiger partial charge in [-0.3, -0.25) is 4.79 Å². The van der Waals surface area contributed by atoms with Crippen molar-refractivity contribution in [1.82, 2.24) is 5.32 Å². The Morgan fingerprint density at radius 1 is 1.04 bits per heavy atom. The van der Waals surface area contributed by atoms with E-state index in [1.54, 1.807) is 24.3 Å². The van der Waals surface area contributed by atoms with Crippen LogP contribution in [0.3, 0.4) is 0 Å². The van der Waals surface area contributed by atoms with Crippen LogP contribution in [-0.4, -0.2) is 31.8 Å². The van der Waals surface area contributed by atoms with E-state index in [1.807, 2.05) is 5.32 Å². The quantitative estimate of drug-likeness (QED) is 0.589. The summed E-state index contributed by atoms with van der Waals surface area (Å²) in [6.07, 6.45) is -4.48. The van der Waals surface area contributed by atoms with Crippen LogP contribution in [0.4, 0.5) is 23.2 Å².